The molecule has 1 fully saturated rings. The van der Waals surface area contributed by atoms with Crippen molar-refractivity contribution in [3.8, 4) is 33.7 Å². The molecule has 0 bridgehead atoms. The van der Waals surface area contributed by atoms with Crippen molar-refractivity contribution in [1.82, 2.24) is 10.3 Å². The van der Waals surface area contributed by atoms with Crippen molar-refractivity contribution in [3.63, 3.8) is 0 Å². The van der Waals surface area contributed by atoms with Gasteiger partial charge in [-0.2, -0.15) is 0 Å². The lowest BCUT2D eigenvalue weighted by molar-refractivity contribution is -0.245. The zero-order valence-corrected chi connectivity index (χ0v) is 34.9. The van der Waals surface area contributed by atoms with Crippen molar-refractivity contribution in [1.29, 1.82) is 0 Å². The van der Waals surface area contributed by atoms with Crippen LogP contribution in [0.5, 0.6) is 0 Å². The molecule has 1 saturated heterocycles. The third-order valence-corrected chi connectivity index (χ3v) is 11.6. The molecule has 1 aliphatic heterocycles. The van der Waals surface area contributed by atoms with Crippen molar-refractivity contribution < 1.29 is 28.6 Å². The maximum absolute atomic E-state index is 12.6. The number of nitrogen functional groups attached to an aromatic ring is 1. The van der Waals surface area contributed by atoms with Gasteiger partial charge in [-0.15, -0.1) is 0 Å². The van der Waals surface area contributed by atoms with E-state index in [2.05, 4.69) is 28.8 Å². The fraction of sp³-hybridized carbons (Fsp3) is 0.196. The Hall–Kier alpha value is -6.50. The van der Waals surface area contributed by atoms with E-state index in [1.807, 2.05) is 121 Å². The summed E-state index contributed by atoms with van der Waals surface area (Å²) in [7, 11) is 0. The summed E-state index contributed by atoms with van der Waals surface area (Å²) in [6.07, 6.45) is 0.451. The number of amides is 2. The number of thioether (sulfide) groups is 1. The largest absolute Gasteiger partial charge is 0.431 e. The third kappa shape index (κ3) is 10.9. The topological polar surface area (TPSA) is 149 Å². The highest BCUT2D eigenvalue weighted by atomic mass is 32.2. The average molecular weight is 845 g/mol. The summed E-state index contributed by atoms with van der Waals surface area (Å²) in [6, 6.07) is 51.3. The van der Waals surface area contributed by atoms with E-state index in [1.54, 1.807) is 18.2 Å². The van der Waals surface area contributed by atoms with Crippen molar-refractivity contribution in [2.24, 2.45) is 0 Å². The van der Waals surface area contributed by atoms with Gasteiger partial charge in [-0.3, -0.25) is 9.59 Å². The van der Waals surface area contributed by atoms with Crippen LogP contribution in [0.15, 0.2) is 167 Å². The third-order valence-electron chi connectivity index (χ3n) is 10.7. The number of aromatic nitrogens is 1. The van der Waals surface area contributed by atoms with Gasteiger partial charge in [0, 0.05) is 48.3 Å². The number of carbonyl (C=O) groups excluding carboxylic acids is 2. The summed E-state index contributed by atoms with van der Waals surface area (Å²) in [5.41, 5.74) is 15.5. The molecule has 1 aliphatic rings. The van der Waals surface area contributed by atoms with Gasteiger partial charge in [0.15, 0.2) is 12.1 Å². The Morgan fingerprint density at radius 2 is 1.37 bits per heavy atom. The normalized spacial score (nSPS) is 16.1. The summed E-state index contributed by atoms with van der Waals surface area (Å²) in [5, 5.41) is 16.0. The number of para-hydroxylation sites is 2. The van der Waals surface area contributed by atoms with Gasteiger partial charge in [0.1, 0.15) is 5.69 Å². The molecular weight excluding hydrogens is 797 g/mol. The number of benzene rings is 6. The Morgan fingerprint density at radius 1 is 0.694 bits per heavy atom. The number of aliphatic hydroxyl groups excluding tert-OH is 1. The predicted molar refractivity (Wildman–Crippen MR) is 244 cm³/mol. The number of hydrogen-bond acceptors (Lipinski definition) is 9. The SMILES string of the molecule is Nc1ccccc1NC(=O)CCCC(=O)NCc1cccc(-c2ccc([C@H]3O[C@@H](CSc4nc(-c5ccccc5)c(-c5ccccc5)o4)C[C@@H](c4ccc(CO)cc4)O3)cc2)c1. The molecule has 0 radical (unpaired) electrons. The number of aliphatic hydroxyl groups is 1. The molecule has 10 nitrogen and oxygen atoms in total. The first-order valence-electron chi connectivity index (χ1n) is 20.7. The highest BCUT2D eigenvalue weighted by Crippen LogP contribution is 2.41. The summed E-state index contributed by atoms with van der Waals surface area (Å²) in [4.78, 5) is 30.0. The zero-order valence-electron chi connectivity index (χ0n) is 34.1. The van der Waals surface area contributed by atoms with Gasteiger partial charge < -0.3 is 35.4 Å². The first-order chi connectivity index (χ1) is 30.4. The number of nitrogens with two attached hydrogens (primary N) is 1. The first-order valence-corrected chi connectivity index (χ1v) is 21.7. The number of anilines is 2. The van der Waals surface area contributed by atoms with Gasteiger partial charge in [-0.25, -0.2) is 4.98 Å². The zero-order chi connectivity index (χ0) is 42.7. The smallest absolute Gasteiger partial charge is 0.256 e. The van der Waals surface area contributed by atoms with E-state index in [0.717, 1.165) is 56.0 Å². The Labute approximate surface area is 365 Å². The van der Waals surface area contributed by atoms with Crippen LogP contribution in [0.25, 0.3) is 33.7 Å². The molecule has 0 aliphatic carbocycles. The van der Waals surface area contributed by atoms with Gasteiger partial charge in [-0.1, -0.05) is 151 Å². The average Bonchev–Trinajstić information content (AvgIpc) is 3.76. The quantitative estimate of drug-likeness (QED) is 0.0551. The molecule has 5 N–H and O–H groups in total. The fourth-order valence-electron chi connectivity index (χ4n) is 7.34. The summed E-state index contributed by atoms with van der Waals surface area (Å²) in [6.45, 7) is 0.344. The van der Waals surface area contributed by atoms with Gasteiger partial charge in [0.05, 0.1) is 30.2 Å². The number of ether oxygens (including phenoxy) is 2. The minimum atomic E-state index is -0.626. The van der Waals surface area contributed by atoms with Crippen molar-refractivity contribution in [2.75, 3.05) is 16.8 Å². The number of hydrogen-bond donors (Lipinski definition) is 4. The van der Waals surface area contributed by atoms with E-state index in [9.17, 15) is 14.7 Å². The Kier molecular flexibility index (Phi) is 13.9. The molecule has 0 saturated carbocycles. The molecule has 314 valence electrons. The highest BCUT2D eigenvalue weighted by Gasteiger charge is 2.33. The lowest BCUT2D eigenvalue weighted by Crippen LogP contribution is -2.31. The van der Waals surface area contributed by atoms with Crippen LogP contribution in [0.3, 0.4) is 0 Å². The van der Waals surface area contributed by atoms with Gasteiger partial charge >= 0.3 is 0 Å². The number of oxazole rings is 1. The standard InChI is InChI=1S/C51H48N4O6S/c52-43-17-7-8-18-44(43)54-47(58)20-10-19-46(57)53-31-35-11-9-16-41(29-35)36-25-27-40(28-26-36)50-59-42(30-45(60-50)37-23-21-34(32-56)22-24-37)33-62-51-55-48(38-12-3-1-4-13-38)49(61-51)39-14-5-2-6-15-39/h1-9,11-18,21-29,42,45,50,56H,10,19-20,30-33,52H2,(H,53,57)(H,54,58)/t42-,45+,50+/m1/s1. The second kappa shape index (κ2) is 20.4. The maximum atomic E-state index is 12.6. The molecule has 0 spiro atoms. The van der Waals surface area contributed by atoms with Crippen LogP contribution in [0.1, 0.15) is 60.3 Å². The predicted octanol–water partition coefficient (Wildman–Crippen LogP) is 10.5. The van der Waals surface area contributed by atoms with E-state index < -0.39 is 6.29 Å². The van der Waals surface area contributed by atoms with Crippen molar-refractivity contribution in [3.05, 3.63) is 180 Å². The molecule has 3 atom stereocenters. The van der Waals surface area contributed by atoms with Crippen molar-refractivity contribution in [2.45, 2.75) is 62.6 Å². The van der Waals surface area contributed by atoms with Gasteiger partial charge in [-0.05, 0) is 52.4 Å². The van der Waals surface area contributed by atoms with Crippen LogP contribution in [0.4, 0.5) is 11.4 Å². The lowest BCUT2D eigenvalue weighted by Gasteiger charge is -2.36. The van der Waals surface area contributed by atoms with Crippen LogP contribution in [-0.2, 0) is 32.2 Å². The van der Waals surface area contributed by atoms with Crippen LogP contribution in [0.2, 0.25) is 0 Å². The summed E-state index contributed by atoms with van der Waals surface area (Å²) < 4.78 is 19.7. The number of rotatable bonds is 16. The molecule has 62 heavy (non-hydrogen) atoms. The molecule has 6 aromatic carbocycles. The molecule has 11 heteroatoms. The second-order valence-corrected chi connectivity index (χ2v) is 16.1. The monoisotopic (exact) mass is 844 g/mol. The van der Waals surface area contributed by atoms with Crippen LogP contribution >= 0.6 is 11.8 Å². The Balaban J connectivity index is 0.913. The number of nitrogens with zero attached hydrogens (tertiary/aromatic N) is 1. The minimum Gasteiger partial charge on any atom is -0.431 e. The molecule has 1 aromatic heterocycles. The Bertz CT molecular complexity index is 2510. The van der Waals surface area contributed by atoms with Crippen molar-refractivity contribution >= 4 is 35.0 Å². The summed E-state index contributed by atoms with van der Waals surface area (Å²) >= 11 is 1.53. The molecule has 7 aromatic rings. The summed E-state index contributed by atoms with van der Waals surface area (Å²) in [5.74, 6) is 1.02. The fourth-order valence-corrected chi connectivity index (χ4v) is 8.18. The van der Waals surface area contributed by atoms with E-state index in [4.69, 9.17) is 24.6 Å². The van der Waals surface area contributed by atoms with E-state index in [1.165, 1.54) is 11.8 Å². The highest BCUT2D eigenvalue weighted by molar-refractivity contribution is 7.99. The van der Waals surface area contributed by atoms with Gasteiger partial charge in [0.2, 0.25) is 11.8 Å². The molecule has 2 amide bonds. The van der Waals surface area contributed by atoms with E-state index in [0.29, 0.717) is 41.7 Å². The van der Waals surface area contributed by atoms with E-state index in [-0.39, 0.29) is 43.5 Å². The Morgan fingerprint density at radius 3 is 2.11 bits per heavy atom. The van der Waals surface area contributed by atoms with Crippen LogP contribution in [0, 0.1) is 0 Å². The molecule has 2 heterocycles. The maximum Gasteiger partial charge on any atom is 0.256 e. The minimum absolute atomic E-state index is 0.0270. The molecule has 8 rings (SSSR count). The van der Waals surface area contributed by atoms with Crippen LogP contribution < -0.4 is 16.4 Å². The van der Waals surface area contributed by atoms with E-state index >= 15 is 0 Å². The molecular formula is C51H48N4O6S. The second-order valence-electron chi connectivity index (χ2n) is 15.1. The first kappa shape index (κ1) is 42.2. The van der Waals surface area contributed by atoms with Crippen LogP contribution in [-0.4, -0.2) is 33.8 Å². The lowest BCUT2D eigenvalue weighted by atomic mass is 9.99. The van der Waals surface area contributed by atoms with Gasteiger partial charge in [0.25, 0.3) is 5.22 Å². The number of nitrogens with one attached hydrogen (secondary N) is 2. The molecule has 0 unspecified atom stereocenters. The number of carbonyl (C=O) groups is 2.